The molecule has 7 nitrogen and oxygen atoms in total. The number of nitrogens with zero attached hydrogens (tertiary/aromatic N) is 2. The van der Waals surface area contributed by atoms with Gasteiger partial charge in [-0.05, 0) is 30.3 Å². The van der Waals surface area contributed by atoms with E-state index in [1.165, 1.54) is 6.07 Å². The Hall–Kier alpha value is -3.48. The van der Waals surface area contributed by atoms with E-state index in [1.807, 2.05) is 0 Å². The maximum absolute atomic E-state index is 12.0. The standard InChI is InChI=1S/C16H12N4O3/c21-15(12-3-1-2-8-17-12)18-11-6-4-10(5-7-11)13-9-14(16(22)23)20-19-13/h1-9H,(H,18,21)(H,19,20)(H,22,23). The van der Waals surface area contributed by atoms with Gasteiger partial charge in [-0.3, -0.25) is 14.9 Å². The number of aromatic amines is 1. The molecule has 114 valence electrons. The summed E-state index contributed by atoms with van der Waals surface area (Å²) in [6.45, 7) is 0. The van der Waals surface area contributed by atoms with Crippen molar-refractivity contribution >= 4 is 17.6 Å². The van der Waals surface area contributed by atoms with Crippen LogP contribution in [0.15, 0.2) is 54.7 Å². The van der Waals surface area contributed by atoms with Gasteiger partial charge in [-0.15, -0.1) is 0 Å². The number of aromatic carboxylic acids is 1. The van der Waals surface area contributed by atoms with Crippen molar-refractivity contribution in [2.75, 3.05) is 5.32 Å². The highest BCUT2D eigenvalue weighted by atomic mass is 16.4. The van der Waals surface area contributed by atoms with Gasteiger partial charge in [0.2, 0.25) is 0 Å². The zero-order chi connectivity index (χ0) is 16.2. The molecule has 0 atom stereocenters. The molecule has 3 rings (SSSR count). The molecule has 0 unspecified atom stereocenters. The van der Waals surface area contributed by atoms with Crippen molar-refractivity contribution in [3.8, 4) is 11.3 Å². The zero-order valence-corrected chi connectivity index (χ0v) is 11.9. The lowest BCUT2D eigenvalue weighted by atomic mass is 10.1. The second-order valence-electron chi connectivity index (χ2n) is 4.72. The first-order chi connectivity index (χ1) is 11.1. The van der Waals surface area contributed by atoms with Gasteiger partial charge < -0.3 is 10.4 Å². The van der Waals surface area contributed by atoms with E-state index < -0.39 is 5.97 Å². The lowest BCUT2D eigenvalue weighted by Gasteiger charge is -2.05. The number of benzene rings is 1. The average Bonchev–Trinajstić information content (AvgIpc) is 3.07. The van der Waals surface area contributed by atoms with Gasteiger partial charge in [0.15, 0.2) is 0 Å². The van der Waals surface area contributed by atoms with Gasteiger partial charge in [-0.25, -0.2) is 4.79 Å². The summed E-state index contributed by atoms with van der Waals surface area (Å²) in [5.74, 6) is -1.37. The third kappa shape index (κ3) is 3.24. The number of pyridine rings is 1. The normalized spacial score (nSPS) is 10.3. The van der Waals surface area contributed by atoms with E-state index in [9.17, 15) is 9.59 Å². The molecule has 0 aliphatic carbocycles. The predicted octanol–water partition coefficient (Wildman–Crippen LogP) is 2.42. The molecule has 0 aliphatic rings. The summed E-state index contributed by atoms with van der Waals surface area (Å²) in [4.78, 5) is 26.8. The maximum atomic E-state index is 12.0. The molecule has 7 heteroatoms. The van der Waals surface area contributed by atoms with Crippen molar-refractivity contribution in [1.29, 1.82) is 0 Å². The fraction of sp³-hybridized carbons (Fsp3) is 0. The van der Waals surface area contributed by atoms with Crippen molar-refractivity contribution in [2.24, 2.45) is 0 Å². The minimum absolute atomic E-state index is 0.0209. The van der Waals surface area contributed by atoms with Crippen molar-refractivity contribution in [2.45, 2.75) is 0 Å². The van der Waals surface area contributed by atoms with Crippen LogP contribution in [0, 0.1) is 0 Å². The highest BCUT2D eigenvalue weighted by Gasteiger charge is 2.10. The summed E-state index contributed by atoms with van der Waals surface area (Å²) >= 11 is 0. The summed E-state index contributed by atoms with van der Waals surface area (Å²) in [6, 6.07) is 13.5. The van der Waals surface area contributed by atoms with Crippen molar-refractivity contribution in [3.05, 3.63) is 66.1 Å². The molecular formula is C16H12N4O3. The monoisotopic (exact) mass is 308 g/mol. The summed E-state index contributed by atoms with van der Waals surface area (Å²) < 4.78 is 0. The molecule has 0 bridgehead atoms. The number of carbonyl (C=O) groups is 2. The summed E-state index contributed by atoms with van der Waals surface area (Å²) in [6.07, 6.45) is 1.55. The Kier molecular flexibility index (Phi) is 3.84. The molecule has 3 aromatic rings. The number of carbonyl (C=O) groups excluding carboxylic acids is 1. The quantitative estimate of drug-likeness (QED) is 0.686. The van der Waals surface area contributed by atoms with Gasteiger partial charge in [-0.2, -0.15) is 5.10 Å². The van der Waals surface area contributed by atoms with Gasteiger partial charge in [0.1, 0.15) is 11.4 Å². The van der Waals surface area contributed by atoms with Gasteiger partial charge in [0.25, 0.3) is 5.91 Å². The number of nitrogens with one attached hydrogen (secondary N) is 2. The van der Waals surface area contributed by atoms with Gasteiger partial charge in [0.05, 0.1) is 5.69 Å². The molecule has 2 heterocycles. The number of aromatic nitrogens is 3. The van der Waals surface area contributed by atoms with Crippen LogP contribution >= 0.6 is 0 Å². The number of hydrogen-bond acceptors (Lipinski definition) is 4. The fourth-order valence-corrected chi connectivity index (χ4v) is 2.00. The van der Waals surface area contributed by atoms with E-state index >= 15 is 0 Å². The van der Waals surface area contributed by atoms with Crippen LogP contribution in [0.1, 0.15) is 21.0 Å². The Morgan fingerprint density at radius 1 is 1.09 bits per heavy atom. The smallest absolute Gasteiger partial charge is 0.353 e. The Balaban J connectivity index is 1.74. The highest BCUT2D eigenvalue weighted by molar-refractivity contribution is 6.02. The van der Waals surface area contributed by atoms with Crippen LogP contribution in [0.25, 0.3) is 11.3 Å². The van der Waals surface area contributed by atoms with E-state index in [0.717, 1.165) is 5.56 Å². The van der Waals surface area contributed by atoms with Crippen LogP contribution < -0.4 is 5.32 Å². The maximum Gasteiger partial charge on any atom is 0.353 e. The first-order valence-corrected chi connectivity index (χ1v) is 6.75. The lowest BCUT2D eigenvalue weighted by molar-refractivity contribution is 0.0690. The second kappa shape index (κ2) is 6.10. The molecule has 0 aliphatic heterocycles. The molecule has 3 N–H and O–H groups in total. The number of rotatable bonds is 4. The highest BCUT2D eigenvalue weighted by Crippen LogP contribution is 2.20. The van der Waals surface area contributed by atoms with Crippen LogP contribution in [0.3, 0.4) is 0 Å². The van der Waals surface area contributed by atoms with Gasteiger partial charge in [-0.1, -0.05) is 18.2 Å². The molecule has 1 amide bonds. The number of anilines is 1. The molecule has 1 aromatic carbocycles. The summed E-state index contributed by atoms with van der Waals surface area (Å²) in [7, 11) is 0. The SMILES string of the molecule is O=C(Nc1ccc(-c2cc(C(=O)O)[nH]n2)cc1)c1ccccn1. The van der Waals surface area contributed by atoms with Crippen molar-refractivity contribution in [1.82, 2.24) is 15.2 Å². The minimum atomic E-state index is -1.07. The third-order valence-electron chi connectivity index (χ3n) is 3.14. The van der Waals surface area contributed by atoms with Crippen LogP contribution in [-0.2, 0) is 0 Å². The van der Waals surface area contributed by atoms with Gasteiger partial charge >= 0.3 is 5.97 Å². The lowest BCUT2D eigenvalue weighted by Crippen LogP contribution is -2.13. The van der Waals surface area contributed by atoms with Crippen LogP contribution in [0.4, 0.5) is 5.69 Å². The van der Waals surface area contributed by atoms with E-state index in [2.05, 4.69) is 20.5 Å². The Bertz CT molecular complexity index is 841. The van der Waals surface area contributed by atoms with Crippen molar-refractivity contribution in [3.63, 3.8) is 0 Å². The molecule has 0 saturated carbocycles. The molecule has 23 heavy (non-hydrogen) atoms. The van der Waals surface area contributed by atoms with E-state index in [4.69, 9.17) is 5.11 Å². The molecule has 0 spiro atoms. The minimum Gasteiger partial charge on any atom is -0.477 e. The zero-order valence-electron chi connectivity index (χ0n) is 11.9. The van der Waals surface area contributed by atoms with Crippen LogP contribution in [-0.4, -0.2) is 32.2 Å². The Morgan fingerprint density at radius 3 is 2.48 bits per heavy atom. The first-order valence-electron chi connectivity index (χ1n) is 6.75. The number of carboxylic acids is 1. The van der Waals surface area contributed by atoms with E-state index in [0.29, 0.717) is 17.1 Å². The Labute approximate surface area is 131 Å². The largest absolute Gasteiger partial charge is 0.477 e. The second-order valence-corrected chi connectivity index (χ2v) is 4.72. The first kappa shape index (κ1) is 14.5. The van der Waals surface area contributed by atoms with Crippen LogP contribution in [0.5, 0.6) is 0 Å². The number of amides is 1. The molecule has 0 fully saturated rings. The number of hydrogen-bond donors (Lipinski definition) is 3. The molecular weight excluding hydrogens is 296 g/mol. The Morgan fingerprint density at radius 2 is 1.87 bits per heavy atom. The van der Waals surface area contributed by atoms with E-state index in [1.54, 1.807) is 48.7 Å². The molecule has 0 radical (unpaired) electrons. The fourth-order valence-electron chi connectivity index (χ4n) is 2.00. The number of H-pyrrole nitrogens is 1. The van der Waals surface area contributed by atoms with E-state index in [-0.39, 0.29) is 11.6 Å². The third-order valence-corrected chi connectivity index (χ3v) is 3.14. The van der Waals surface area contributed by atoms with Crippen LogP contribution in [0.2, 0.25) is 0 Å². The molecule has 0 saturated heterocycles. The van der Waals surface area contributed by atoms with Crippen molar-refractivity contribution < 1.29 is 14.7 Å². The summed E-state index contributed by atoms with van der Waals surface area (Å²) in [5, 5.41) is 18.0. The average molecular weight is 308 g/mol. The topological polar surface area (TPSA) is 108 Å². The predicted molar refractivity (Wildman–Crippen MR) is 83.2 cm³/mol. The molecule has 2 aromatic heterocycles. The summed E-state index contributed by atoms with van der Waals surface area (Å²) in [5.41, 5.74) is 2.22. The number of carboxylic acid groups (broad SMARTS) is 1. The van der Waals surface area contributed by atoms with Gasteiger partial charge in [0, 0.05) is 17.4 Å².